The van der Waals surface area contributed by atoms with Crippen molar-refractivity contribution >= 4 is 17.5 Å². The monoisotopic (exact) mass is 257 g/mol. The van der Waals surface area contributed by atoms with E-state index >= 15 is 0 Å². The highest BCUT2D eigenvalue weighted by molar-refractivity contribution is 6.17. The van der Waals surface area contributed by atoms with Gasteiger partial charge in [0, 0.05) is 12.4 Å². The molecule has 1 aromatic carbocycles. The van der Waals surface area contributed by atoms with Gasteiger partial charge in [-0.15, -0.1) is 11.6 Å². The molecule has 1 aromatic rings. The van der Waals surface area contributed by atoms with Crippen molar-refractivity contribution in [2.45, 2.75) is 19.3 Å². The molecule has 1 amide bonds. The summed E-state index contributed by atoms with van der Waals surface area (Å²) in [7, 11) is 0. The van der Waals surface area contributed by atoms with Crippen molar-refractivity contribution < 1.29 is 15.0 Å². The van der Waals surface area contributed by atoms with Crippen molar-refractivity contribution in [3.05, 3.63) is 23.8 Å². The number of phenols is 2. The molecule has 4 nitrogen and oxygen atoms in total. The number of phenolic OH excluding ortho intramolecular Hbond substituents is 2. The molecule has 94 valence electrons. The van der Waals surface area contributed by atoms with Crippen LogP contribution in [0.4, 0.5) is 0 Å². The van der Waals surface area contributed by atoms with E-state index in [1.807, 2.05) is 0 Å². The Bertz CT molecular complexity index is 382. The van der Waals surface area contributed by atoms with Gasteiger partial charge in [-0.25, -0.2) is 0 Å². The number of halogens is 1. The standard InChI is InChI=1S/C12H16ClNO3/c13-6-2-1-3-7-14-12(17)10-8-9(15)4-5-11(10)16/h4-5,8,15-16H,1-3,6-7H2,(H,14,17). The Kier molecular flexibility index (Phi) is 5.63. The lowest BCUT2D eigenvalue weighted by Crippen LogP contribution is -2.24. The normalized spacial score (nSPS) is 10.2. The van der Waals surface area contributed by atoms with Gasteiger partial charge in [0.15, 0.2) is 0 Å². The Morgan fingerprint density at radius 2 is 2.00 bits per heavy atom. The zero-order valence-electron chi connectivity index (χ0n) is 9.45. The summed E-state index contributed by atoms with van der Waals surface area (Å²) >= 11 is 5.53. The molecule has 0 aliphatic heterocycles. The highest BCUT2D eigenvalue weighted by atomic mass is 35.5. The Morgan fingerprint density at radius 1 is 1.24 bits per heavy atom. The fraction of sp³-hybridized carbons (Fsp3) is 0.417. The van der Waals surface area contributed by atoms with E-state index in [4.69, 9.17) is 11.6 Å². The van der Waals surface area contributed by atoms with Crippen LogP contribution < -0.4 is 5.32 Å². The van der Waals surface area contributed by atoms with Crippen LogP contribution in [-0.2, 0) is 0 Å². The molecule has 3 N–H and O–H groups in total. The third-order valence-corrected chi connectivity index (χ3v) is 2.59. The number of benzene rings is 1. The van der Waals surface area contributed by atoms with Crippen molar-refractivity contribution in [1.82, 2.24) is 5.32 Å². The minimum atomic E-state index is -0.385. The second kappa shape index (κ2) is 7.01. The topological polar surface area (TPSA) is 69.6 Å². The van der Waals surface area contributed by atoms with E-state index in [0.29, 0.717) is 12.4 Å². The predicted molar refractivity (Wildman–Crippen MR) is 66.7 cm³/mol. The molecule has 0 saturated carbocycles. The van der Waals surface area contributed by atoms with Crippen LogP contribution in [0.25, 0.3) is 0 Å². The van der Waals surface area contributed by atoms with Crippen LogP contribution in [0.2, 0.25) is 0 Å². The summed E-state index contributed by atoms with van der Waals surface area (Å²) in [5.41, 5.74) is 0.0855. The molecule has 17 heavy (non-hydrogen) atoms. The van der Waals surface area contributed by atoms with Crippen LogP contribution in [-0.4, -0.2) is 28.5 Å². The van der Waals surface area contributed by atoms with Gasteiger partial charge < -0.3 is 15.5 Å². The maximum absolute atomic E-state index is 11.6. The molecule has 0 atom stereocenters. The molecule has 0 aromatic heterocycles. The molecule has 0 spiro atoms. The first kappa shape index (κ1) is 13.6. The second-order valence-corrected chi connectivity index (χ2v) is 4.08. The molecule has 5 heteroatoms. The number of carbonyl (C=O) groups is 1. The molecule has 0 aliphatic rings. The zero-order chi connectivity index (χ0) is 12.7. The van der Waals surface area contributed by atoms with E-state index in [1.165, 1.54) is 18.2 Å². The number of rotatable bonds is 6. The first-order valence-electron chi connectivity index (χ1n) is 5.51. The van der Waals surface area contributed by atoms with Crippen molar-refractivity contribution in [3.8, 4) is 11.5 Å². The van der Waals surface area contributed by atoms with Crippen LogP contribution in [0.1, 0.15) is 29.6 Å². The van der Waals surface area contributed by atoms with Crippen molar-refractivity contribution in [3.63, 3.8) is 0 Å². The number of alkyl halides is 1. The van der Waals surface area contributed by atoms with E-state index in [2.05, 4.69) is 5.32 Å². The quantitative estimate of drug-likeness (QED) is 0.416. The lowest BCUT2D eigenvalue weighted by atomic mass is 10.1. The largest absolute Gasteiger partial charge is 0.508 e. The third-order valence-electron chi connectivity index (χ3n) is 2.32. The Hall–Kier alpha value is -1.42. The summed E-state index contributed by atoms with van der Waals surface area (Å²) in [4.78, 5) is 11.6. The summed E-state index contributed by atoms with van der Waals surface area (Å²) in [6.45, 7) is 0.533. The van der Waals surface area contributed by atoms with Crippen LogP contribution >= 0.6 is 11.6 Å². The summed E-state index contributed by atoms with van der Waals surface area (Å²) in [6, 6.07) is 3.85. The van der Waals surface area contributed by atoms with Gasteiger partial charge in [0.2, 0.25) is 0 Å². The molecular formula is C12H16ClNO3. The predicted octanol–water partition coefficient (Wildman–Crippen LogP) is 2.24. The van der Waals surface area contributed by atoms with Crippen molar-refractivity contribution in [2.75, 3.05) is 12.4 Å². The lowest BCUT2D eigenvalue weighted by Gasteiger charge is -2.06. The van der Waals surface area contributed by atoms with Gasteiger partial charge in [-0.05, 0) is 31.0 Å². The van der Waals surface area contributed by atoms with Gasteiger partial charge in [-0.1, -0.05) is 6.42 Å². The maximum Gasteiger partial charge on any atom is 0.255 e. The number of amides is 1. The molecule has 1 rings (SSSR count). The minimum Gasteiger partial charge on any atom is -0.508 e. The van der Waals surface area contributed by atoms with E-state index in [1.54, 1.807) is 0 Å². The first-order valence-corrected chi connectivity index (χ1v) is 6.04. The number of carbonyl (C=O) groups excluding carboxylic acids is 1. The van der Waals surface area contributed by atoms with Crippen LogP contribution in [0, 0.1) is 0 Å². The fourth-order valence-electron chi connectivity index (χ4n) is 1.40. The van der Waals surface area contributed by atoms with Gasteiger partial charge in [-0.2, -0.15) is 0 Å². The molecule has 0 radical (unpaired) electrons. The number of hydrogen-bond acceptors (Lipinski definition) is 3. The molecular weight excluding hydrogens is 242 g/mol. The van der Waals surface area contributed by atoms with Crippen LogP contribution in [0.15, 0.2) is 18.2 Å². The van der Waals surface area contributed by atoms with Gasteiger partial charge >= 0.3 is 0 Å². The highest BCUT2D eigenvalue weighted by Gasteiger charge is 2.10. The van der Waals surface area contributed by atoms with Gasteiger partial charge in [0.1, 0.15) is 11.5 Å². The second-order valence-electron chi connectivity index (χ2n) is 3.71. The van der Waals surface area contributed by atoms with E-state index in [9.17, 15) is 15.0 Å². The summed E-state index contributed by atoms with van der Waals surface area (Å²) in [5.74, 6) is 0.0572. The number of hydrogen-bond donors (Lipinski definition) is 3. The Morgan fingerprint density at radius 3 is 2.71 bits per heavy atom. The maximum atomic E-state index is 11.6. The van der Waals surface area contributed by atoms with E-state index in [-0.39, 0.29) is 23.0 Å². The molecule has 0 bridgehead atoms. The van der Waals surface area contributed by atoms with E-state index < -0.39 is 0 Å². The molecule has 0 saturated heterocycles. The lowest BCUT2D eigenvalue weighted by molar-refractivity contribution is 0.0950. The van der Waals surface area contributed by atoms with Gasteiger partial charge in [0.25, 0.3) is 5.91 Å². The average Bonchev–Trinajstić information content (AvgIpc) is 2.32. The SMILES string of the molecule is O=C(NCCCCCCl)c1cc(O)ccc1O. The summed E-state index contributed by atoms with van der Waals surface area (Å²) in [6.07, 6.45) is 2.72. The third kappa shape index (κ3) is 4.53. The number of unbranched alkanes of at least 4 members (excludes halogenated alkanes) is 2. The average molecular weight is 258 g/mol. The molecule has 0 heterocycles. The molecule has 0 fully saturated rings. The van der Waals surface area contributed by atoms with Crippen molar-refractivity contribution in [1.29, 1.82) is 0 Å². The van der Waals surface area contributed by atoms with Gasteiger partial charge in [0.05, 0.1) is 5.56 Å². The number of aromatic hydroxyl groups is 2. The smallest absolute Gasteiger partial charge is 0.255 e. The fourth-order valence-corrected chi connectivity index (χ4v) is 1.59. The van der Waals surface area contributed by atoms with Crippen LogP contribution in [0.5, 0.6) is 11.5 Å². The number of nitrogens with one attached hydrogen (secondary N) is 1. The Balaban J connectivity index is 2.44. The first-order chi connectivity index (χ1) is 8.15. The Labute approximate surface area is 105 Å². The minimum absolute atomic E-state index is 0.0462. The van der Waals surface area contributed by atoms with Crippen LogP contribution in [0.3, 0.4) is 0 Å². The van der Waals surface area contributed by atoms with Gasteiger partial charge in [-0.3, -0.25) is 4.79 Å². The molecule has 0 aliphatic carbocycles. The zero-order valence-corrected chi connectivity index (χ0v) is 10.2. The highest BCUT2D eigenvalue weighted by Crippen LogP contribution is 2.21. The summed E-state index contributed by atoms with van der Waals surface area (Å²) in [5, 5.41) is 21.4. The summed E-state index contributed by atoms with van der Waals surface area (Å²) < 4.78 is 0. The van der Waals surface area contributed by atoms with Crippen molar-refractivity contribution in [2.24, 2.45) is 0 Å². The van der Waals surface area contributed by atoms with E-state index in [0.717, 1.165) is 19.3 Å². The molecule has 0 unspecified atom stereocenters.